The van der Waals surface area contributed by atoms with Crippen LogP contribution in [0.25, 0.3) is 11.4 Å². The highest BCUT2D eigenvalue weighted by molar-refractivity contribution is 5.55. The van der Waals surface area contributed by atoms with E-state index in [9.17, 15) is 0 Å². The highest BCUT2D eigenvalue weighted by Gasteiger charge is 2.22. The Balaban J connectivity index is 1.89. The highest BCUT2D eigenvalue weighted by atomic mass is 15.2. The molecule has 3 nitrogen and oxygen atoms in total. The van der Waals surface area contributed by atoms with Crippen molar-refractivity contribution in [3.8, 4) is 11.4 Å². The summed E-state index contributed by atoms with van der Waals surface area (Å²) in [5.74, 6) is 1.09. The molecule has 0 N–H and O–H groups in total. The quantitative estimate of drug-likeness (QED) is 0.351. The van der Waals surface area contributed by atoms with Crippen molar-refractivity contribution in [2.75, 3.05) is 6.54 Å². The fourth-order valence-electron chi connectivity index (χ4n) is 3.88. The van der Waals surface area contributed by atoms with Crippen molar-refractivity contribution in [2.45, 2.75) is 66.6 Å². The van der Waals surface area contributed by atoms with Crippen LogP contribution in [0, 0.1) is 5.41 Å². The lowest BCUT2D eigenvalue weighted by molar-refractivity contribution is 0.156. The predicted octanol–water partition coefficient (Wildman–Crippen LogP) is 6.79. The Bertz CT molecular complexity index is 881. The summed E-state index contributed by atoms with van der Waals surface area (Å²) >= 11 is 0. The lowest BCUT2D eigenvalue weighted by Crippen LogP contribution is -2.34. The number of hydrogen-bond donors (Lipinski definition) is 0. The minimum atomic E-state index is 0.283. The molecule has 0 atom stereocenters. The zero-order valence-electron chi connectivity index (χ0n) is 19.1. The van der Waals surface area contributed by atoms with Crippen molar-refractivity contribution in [3.63, 3.8) is 0 Å². The maximum atomic E-state index is 4.85. The van der Waals surface area contributed by atoms with Crippen molar-refractivity contribution in [2.24, 2.45) is 5.41 Å². The monoisotopic (exact) mass is 403 g/mol. The van der Waals surface area contributed by atoms with Crippen molar-refractivity contribution in [1.29, 1.82) is 0 Å². The third-order valence-electron chi connectivity index (χ3n) is 5.95. The SMILES string of the molecule is CCCCn1c(CN(Cc2ccccc2)CC(C)(C)CC)cnc1-c1ccccc1. The Morgan fingerprint density at radius 3 is 2.20 bits per heavy atom. The van der Waals surface area contributed by atoms with Gasteiger partial charge in [-0.1, -0.05) is 94.8 Å². The molecule has 30 heavy (non-hydrogen) atoms. The van der Waals surface area contributed by atoms with E-state index in [4.69, 9.17) is 4.98 Å². The van der Waals surface area contributed by atoms with Gasteiger partial charge in [-0.25, -0.2) is 4.98 Å². The minimum absolute atomic E-state index is 0.283. The van der Waals surface area contributed by atoms with E-state index in [-0.39, 0.29) is 5.41 Å². The van der Waals surface area contributed by atoms with Gasteiger partial charge in [-0.2, -0.15) is 0 Å². The largest absolute Gasteiger partial charge is 0.327 e. The summed E-state index contributed by atoms with van der Waals surface area (Å²) < 4.78 is 2.44. The smallest absolute Gasteiger partial charge is 0.140 e. The molecule has 2 aromatic carbocycles. The van der Waals surface area contributed by atoms with E-state index in [2.05, 4.69) is 104 Å². The van der Waals surface area contributed by atoms with Crippen LogP contribution >= 0.6 is 0 Å². The molecule has 3 aromatic rings. The summed E-state index contributed by atoms with van der Waals surface area (Å²) in [4.78, 5) is 7.44. The zero-order chi connectivity index (χ0) is 21.4. The summed E-state index contributed by atoms with van der Waals surface area (Å²) in [5.41, 5.74) is 4.16. The van der Waals surface area contributed by atoms with Crippen LogP contribution in [-0.4, -0.2) is 21.0 Å². The summed E-state index contributed by atoms with van der Waals surface area (Å²) in [7, 11) is 0. The molecule has 0 spiro atoms. The van der Waals surface area contributed by atoms with Crippen LogP contribution in [0.15, 0.2) is 66.9 Å². The molecule has 0 amide bonds. The Morgan fingerprint density at radius 2 is 1.57 bits per heavy atom. The third-order valence-corrected chi connectivity index (χ3v) is 5.95. The lowest BCUT2D eigenvalue weighted by Gasteiger charge is -2.32. The van der Waals surface area contributed by atoms with Crippen LogP contribution in [-0.2, 0) is 19.6 Å². The molecule has 0 saturated heterocycles. The van der Waals surface area contributed by atoms with Crippen LogP contribution in [0.3, 0.4) is 0 Å². The second-order valence-corrected chi connectivity index (χ2v) is 9.09. The van der Waals surface area contributed by atoms with E-state index in [0.29, 0.717) is 0 Å². The molecule has 0 unspecified atom stereocenters. The molecule has 3 heteroatoms. The van der Waals surface area contributed by atoms with Crippen molar-refractivity contribution in [1.82, 2.24) is 14.5 Å². The second kappa shape index (κ2) is 10.6. The third kappa shape index (κ3) is 6.06. The predicted molar refractivity (Wildman–Crippen MR) is 127 cm³/mol. The zero-order valence-corrected chi connectivity index (χ0v) is 19.1. The number of nitrogens with zero attached hydrogens (tertiary/aromatic N) is 3. The van der Waals surface area contributed by atoms with Gasteiger partial charge >= 0.3 is 0 Å². The van der Waals surface area contributed by atoms with Crippen molar-refractivity contribution in [3.05, 3.63) is 78.1 Å². The van der Waals surface area contributed by atoms with Gasteiger partial charge in [0.15, 0.2) is 0 Å². The molecule has 0 bridgehead atoms. The Kier molecular flexibility index (Phi) is 7.87. The van der Waals surface area contributed by atoms with E-state index in [1.54, 1.807) is 0 Å². The van der Waals surface area contributed by atoms with Gasteiger partial charge < -0.3 is 4.57 Å². The number of hydrogen-bond acceptors (Lipinski definition) is 2. The maximum Gasteiger partial charge on any atom is 0.140 e. The first-order chi connectivity index (χ1) is 14.5. The first kappa shape index (κ1) is 22.3. The van der Waals surface area contributed by atoms with E-state index < -0.39 is 0 Å². The van der Waals surface area contributed by atoms with E-state index in [0.717, 1.165) is 32.0 Å². The molecule has 0 aliphatic heterocycles. The second-order valence-electron chi connectivity index (χ2n) is 9.09. The Morgan fingerprint density at radius 1 is 0.900 bits per heavy atom. The van der Waals surface area contributed by atoms with Gasteiger partial charge in [-0.15, -0.1) is 0 Å². The lowest BCUT2D eigenvalue weighted by atomic mass is 9.89. The van der Waals surface area contributed by atoms with E-state index in [1.807, 2.05) is 0 Å². The van der Waals surface area contributed by atoms with Crippen LogP contribution in [0.5, 0.6) is 0 Å². The van der Waals surface area contributed by atoms with Crippen LogP contribution < -0.4 is 0 Å². The van der Waals surface area contributed by atoms with Crippen LogP contribution in [0.2, 0.25) is 0 Å². The Hall–Kier alpha value is -2.39. The fraction of sp³-hybridized carbons (Fsp3) is 0.444. The summed E-state index contributed by atoms with van der Waals surface area (Å²) in [6.45, 7) is 13.3. The number of benzene rings is 2. The molecule has 3 rings (SSSR count). The molecule has 1 aromatic heterocycles. The van der Waals surface area contributed by atoms with Crippen molar-refractivity contribution < 1.29 is 0 Å². The van der Waals surface area contributed by atoms with Gasteiger partial charge in [0.1, 0.15) is 5.82 Å². The number of aromatic nitrogens is 2. The summed E-state index contributed by atoms with van der Waals surface area (Å²) in [5, 5.41) is 0. The fourth-order valence-corrected chi connectivity index (χ4v) is 3.88. The van der Waals surface area contributed by atoms with Gasteiger partial charge in [0.05, 0.1) is 11.9 Å². The Labute approximate surface area is 182 Å². The van der Waals surface area contributed by atoms with Gasteiger partial charge in [-0.05, 0) is 23.8 Å². The topological polar surface area (TPSA) is 21.1 Å². The molecule has 0 saturated carbocycles. The average Bonchev–Trinajstić information content (AvgIpc) is 3.15. The van der Waals surface area contributed by atoms with Crippen LogP contribution in [0.4, 0.5) is 0 Å². The highest BCUT2D eigenvalue weighted by Crippen LogP contribution is 2.26. The van der Waals surface area contributed by atoms with Crippen LogP contribution in [0.1, 0.15) is 58.2 Å². The normalized spacial score (nSPS) is 11.9. The van der Waals surface area contributed by atoms with Gasteiger partial charge in [0.2, 0.25) is 0 Å². The molecule has 0 aliphatic rings. The first-order valence-corrected chi connectivity index (χ1v) is 11.4. The number of rotatable bonds is 11. The van der Waals surface area contributed by atoms with E-state index in [1.165, 1.54) is 36.1 Å². The first-order valence-electron chi connectivity index (χ1n) is 11.4. The molecular weight excluding hydrogens is 366 g/mol. The molecular formula is C27H37N3. The van der Waals surface area contributed by atoms with Gasteiger partial charge in [-0.3, -0.25) is 4.90 Å². The molecule has 0 radical (unpaired) electrons. The summed E-state index contributed by atoms with van der Waals surface area (Å²) in [6.07, 6.45) is 5.61. The number of imidazole rings is 1. The average molecular weight is 404 g/mol. The molecule has 160 valence electrons. The minimum Gasteiger partial charge on any atom is -0.327 e. The molecule has 0 fully saturated rings. The maximum absolute atomic E-state index is 4.85. The van der Waals surface area contributed by atoms with Crippen molar-refractivity contribution >= 4 is 0 Å². The van der Waals surface area contributed by atoms with Gasteiger partial charge in [0.25, 0.3) is 0 Å². The molecule has 0 aliphatic carbocycles. The van der Waals surface area contributed by atoms with Gasteiger partial charge in [0, 0.05) is 31.7 Å². The molecule has 1 heterocycles. The standard InChI is InChI=1S/C27H37N3/c1-5-7-18-30-25(19-28-26(30)24-16-12-9-13-17-24)21-29(22-27(3,4)6-2)20-23-14-10-8-11-15-23/h8-17,19H,5-7,18,20-22H2,1-4H3. The summed E-state index contributed by atoms with van der Waals surface area (Å²) in [6, 6.07) is 21.4. The van der Waals surface area contributed by atoms with E-state index >= 15 is 0 Å². The number of unbranched alkanes of at least 4 members (excludes halogenated alkanes) is 1.